The van der Waals surface area contributed by atoms with E-state index in [0.29, 0.717) is 43.2 Å². The summed E-state index contributed by atoms with van der Waals surface area (Å²) in [5.41, 5.74) is 0. The van der Waals surface area contributed by atoms with Crippen molar-refractivity contribution in [3.63, 3.8) is 0 Å². The Morgan fingerprint density at radius 3 is 1.76 bits per heavy atom. The molecule has 2 saturated heterocycles. The maximum absolute atomic E-state index is 12.1. The Bertz CT molecular complexity index is 908. The highest BCUT2D eigenvalue weighted by molar-refractivity contribution is 8.76. The van der Waals surface area contributed by atoms with E-state index in [0.717, 1.165) is 24.3 Å². The normalized spacial score (nSPS) is 19.4. The summed E-state index contributed by atoms with van der Waals surface area (Å²) in [6.07, 6.45) is 7.94. The first-order valence-corrected chi connectivity index (χ1v) is 19.2. The summed E-state index contributed by atoms with van der Waals surface area (Å²) in [6.45, 7) is 15.4. The van der Waals surface area contributed by atoms with Crippen molar-refractivity contribution in [3.05, 3.63) is 38.0 Å². The molecule has 42 heavy (non-hydrogen) atoms. The number of likely N-dealkylation sites (tertiary alicyclic amines) is 2. The molecule has 1 unspecified atom stereocenters. The van der Waals surface area contributed by atoms with Crippen molar-refractivity contribution in [3.8, 4) is 0 Å². The quantitative estimate of drug-likeness (QED) is 0.0999. The summed E-state index contributed by atoms with van der Waals surface area (Å²) in [4.78, 5) is 48.7. The van der Waals surface area contributed by atoms with E-state index >= 15 is 0 Å². The van der Waals surface area contributed by atoms with Crippen LogP contribution in [0.5, 0.6) is 0 Å². The average molecular weight is 687 g/mol. The number of rotatable bonds is 15. The molecule has 2 amide bonds. The third kappa shape index (κ3) is 16.5. The molecule has 15 heteroatoms. The van der Waals surface area contributed by atoms with Crippen molar-refractivity contribution in [2.24, 2.45) is 11.8 Å². The minimum Gasteiger partial charge on any atom is -0.480 e. The molecule has 4 N–H and O–H groups in total. The summed E-state index contributed by atoms with van der Waals surface area (Å²) in [5.74, 6) is 1.10. The predicted molar refractivity (Wildman–Crippen MR) is 182 cm³/mol. The van der Waals surface area contributed by atoms with Crippen molar-refractivity contribution in [2.45, 2.75) is 51.6 Å². The van der Waals surface area contributed by atoms with Crippen LogP contribution in [0.3, 0.4) is 0 Å². The second kappa shape index (κ2) is 25.0. The molecule has 0 radical (unpaired) electrons. The van der Waals surface area contributed by atoms with Gasteiger partial charge in [0.1, 0.15) is 12.1 Å². The molecule has 2 aliphatic rings. The molecule has 10 nitrogen and oxygen atoms in total. The fourth-order valence-corrected chi connectivity index (χ4v) is 7.93. The predicted octanol–water partition coefficient (Wildman–Crippen LogP) is 3.82. The zero-order valence-corrected chi connectivity index (χ0v) is 28.5. The Labute approximate surface area is 269 Å². The number of aliphatic carboxylic acids is 2. The van der Waals surface area contributed by atoms with Crippen molar-refractivity contribution in [2.75, 3.05) is 41.9 Å². The van der Waals surface area contributed by atoms with E-state index in [1.165, 1.54) is 20.6 Å². The number of amides is 2. The van der Waals surface area contributed by atoms with Crippen molar-refractivity contribution in [1.82, 2.24) is 9.80 Å². The van der Waals surface area contributed by atoms with Gasteiger partial charge in [-0.15, -0.1) is 19.7 Å². The van der Waals surface area contributed by atoms with Crippen LogP contribution in [0.25, 0.3) is 0 Å². The van der Waals surface area contributed by atoms with Crippen LogP contribution in [-0.2, 0) is 29.0 Å². The zero-order chi connectivity index (χ0) is 31.4. The van der Waals surface area contributed by atoms with Crippen LogP contribution in [0.2, 0.25) is 0 Å². The fourth-order valence-electron chi connectivity index (χ4n) is 3.80. The SMILES string of the molecule is C=CCSS(=O)CC=C.C=CCSSC[C@H](C)C(=O)N1CCC[C@H]1C(=O)O.C[C@H](CS)C(=O)N1CCC[C@H]1C(=O)O.O. The van der Waals surface area contributed by atoms with E-state index in [1.54, 1.807) is 40.7 Å². The summed E-state index contributed by atoms with van der Waals surface area (Å²) in [7, 11) is 3.88. The van der Waals surface area contributed by atoms with Crippen LogP contribution in [-0.4, -0.2) is 107 Å². The molecule has 0 aromatic rings. The van der Waals surface area contributed by atoms with E-state index in [9.17, 15) is 23.4 Å². The molecule has 0 bridgehead atoms. The van der Waals surface area contributed by atoms with E-state index in [-0.39, 0.29) is 29.1 Å². The highest BCUT2D eigenvalue weighted by atomic mass is 33.1. The number of carbonyl (C=O) groups excluding carboxylic acids is 2. The van der Waals surface area contributed by atoms with Gasteiger partial charge >= 0.3 is 11.9 Å². The molecule has 242 valence electrons. The van der Waals surface area contributed by atoms with E-state index in [2.05, 4.69) is 32.4 Å². The van der Waals surface area contributed by atoms with Crippen molar-refractivity contribution in [1.29, 1.82) is 0 Å². The first-order chi connectivity index (χ1) is 19.5. The molecule has 0 saturated carbocycles. The topological polar surface area (TPSA) is 164 Å². The molecule has 2 fully saturated rings. The van der Waals surface area contributed by atoms with Crippen LogP contribution in [0.15, 0.2) is 38.0 Å². The lowest BCUT2D eigenvalue weighted by molar-refractivity contribution is -0.149. The van der Waals surface area contributed by atoms with Crippen molar-refractivity contribution < 1.29 is 39.1 Å². The molecule has 2 aliphatic heterocycles. The second-order valence-electron chi connectivity index (χ2n) is 9.23. The average Bonchev–Trinajstić information content (AvgIpc) is 3.64. The number of carboxylic acid groups (broad SMARTS) is 2. The van der Waals surface area contributed by atoms with Gasteiger partial charge in [0.05, 0.1) is 15.6 Å². The molecule has 2 rings (SSSR count). The third-order valence-electron chi connectivity index (χ3n) is 5.92. The first kappa shape index (κ1) is 42.7. The Morgan fingerprint density at radius 2 is 1.36 bits per heavy atom. The van der Waals surface area contributed by atoms with Gasteiger partial charge in [-0.05, 0) is 25.7 Å². The van der Waals surface area contributed by atoms with Gasteiger partial charge < -0.3 is 25.5 Å². The van der Waals surface area contributed by atoms with Gasteiger partial charge in [0.25, 0.3) is 0 Å². The van der Waals surface area contributed by atoms with E-state index < -0.39 is 33.9 Å². The zero-order valence-electron chi connectivity index (χ0n) is 24.4. The summed E-state index contributed by atoms with van der Waals surface area (Å²) >= 11 is 4.03. The number of nitrogens with zero attached hydrogens (tertiary/aromatic N) is 2. The van der Waals surface area contributed by atoms with Gasteiger partial charge in [-0.25, -0.2) is 13.8 Å². The standard InChI is InChI=1S/C12H19NO3S2.C9H15NO3S.C6H10OS2.H2O/c1-3-7-17-18-8-9(2)11(14)13-6-4-5-10(13)12(15)16;1-6(5-14)8(11)10-4-2-3-7(10)9(12)13;1-3-5-8-9(7)6-4-2;/h3,9-10H,1,4-8H2,2H3,(H,15,16);6-7,14H,2-5H2,1H3,(H,12,13);3-4H,1-2,5-6H2;1H2/t9-,10-;6-,7+;;/m01../s1. The number of carbonyl (C=O) groups is 4. The maximum atomic E-state index is 12.1. The molecular formula is C27H46N2O8S5. The van der Waals surface area contributed by atoms with Gasteiger partial charge in [0.15, 0.2) is 0 Å². The monoisotopic (exact) mass is 686 g/mol. The van der Waals surface area contributed by atoms with Crippen molar-refractivity contribution >= 4 is 78.6 Å². The van der Waals surface area contributed by atoms with E-state index in [4.69, 9.17) is 10.2 Å². The number of thiol groups is 1. The Kier molecular flexibility index (Phi) is 25.4. The number of hydrogen-bond acceptors (Lipinski definition) is 9. The first-order valence-electron chi connectivity index (χ1n) is 13.2. The Morgan fingerprint density at radius 1 is 0.881 bits per heavy atom. The van der Waals surface area contributed by atoms with Gasteiger partial charge in [0.2, 0.25) is 11.8 Å². The largest absolute Gasteiger partial charge is 0.480 e. The van der Waals surface area contributed by atoms with Crippen LogP contribution < -0.4 is 0 Å². The Balaban J connectivity index is 0. The Hall–Kier alpha value is -1.39. The van der Waals surface area contributed by atoms with Gasteiger partial charge in [-0.2, -0.15) is 12.6 Å². The van der Waals surface area contributed by atoms with Gasteiger partial charge in [-0.3, -0.25) is 9.59 Å². The van der Waals surface area contributed by atoms with Crippen LogP contribution >= 0.6 is 45.0 Å². The van der Waals surface area contributed by atoms with Crippen LogP contribution in [0.4, 0.5) is 0 Å². The highest BCUT2D eigenvalue weighted by Gasteiger charge is 2.36. The maximum Gasteiger partial charge on any atom is 0.326 e. The molecule has 0 spiro atoms. The molecule has 0 aromatic carbocycles. The summed E-state index contributed by atoms with van der Waals surface area (Å²) in [6, 6.07) is -1.24. The highest BCUT2D eigenvalue weighted by Crippen LogP contribution is 2.27. The third-order valence-corrected chi connectivity index (χ3v) is 11.7. The molecular weight excluding hydrogens is 641 g/mol. The number of hydrogen-bond donors (Lipinski definition) is 3. The molecule has 2 heterocycles. The lowest BCUT2D eigenvalue weighted by atomic mass is 10.1. The fraction of sp³-hybridized carbons (Fsp3) is 0.630. The van der Waals surface area contributed by atoms with Crippen LogP contribution in [0.1, 0.15) is 39.5 Å². The van der Waals surface area contributed by atoms with E-state index in [1.807, 2.05) is 13.0 Å². The van der Waals surface area contributed by atoms with Crippen LogP contribution in [0, 0.1) is 11.8 Å². The van der Waals surface area contributed by atoms with Gasteiger partial charge in [-0.1, -0.05) is 64.5 Å². The summed E-state index contributed by atoms with van der Waals surface area (Å²) in [5, 5.41) is 17.9. The lowest BCUT2D eigenvalue weighted by Crippen LogP contribution is -2.43. The van der Waals surface area contributed by atoms with Gasteiger partial charge in [0, 0.05) is 47.9 Å². The smallest absolute Gasteiger partial charge is 0.326 e. The lowest BCUT2D eigenvalue weighted by Gasteiger charge is -2.24. The minimum absolute atomic E-state index is 0. The minimum atomic E-state index is -0.901. The molecule has 0 aromatic heterocycles. The summed E-state index contributed by atoms with van der Waals surface area (Å²) < 4.78 is 10.8. The second-order valence-corrected chi connectivity index (χ2v) is 15.5. The molecule has 0 aliphatic carbocycles. The number of carboxylic acids is 2. The molecule has 5 atom stereocenters.